The van der Waals surface area contributed by atoms with E-state index in [0.717, 1.165) is 12.8 Å². The summed E-state index contributed by atoms with van der Waals surface area (Å²) in [7, 11) is 0. The maximum Gasteiger partial charge on any atom is 0.288 e. The second-order valence-corrected chi connectivity index (χ2v) is 6.32. The molecule has 23 heavy (non-hydrogen) atoms. The van der Waals surface area contributed by atoms with Crippen LogP contribution in [0.4, 0.5) is 0 Å². The average Bonchev–Trinajstić information content (AvgIpc) is 2.47. The SMILES string of the molecule is CCCCCCCCCCCCOCC(O)CNCC(O)(O)O. The molecule has 0 aliphatic rings. The van der Waals surface area contributed by atoms with E-state index < -0.39 is 18.6 Å². The smallest absolute Gasteiger partial charge is 0.288 e. The minimum atomic E-state index is -2.74. The summed E-state index contributed by atoms with van der Waals surface area (Å²) in [6, 6.07) is 0. The fourth-order valence-electron chi connectivity index (χ4n) is 2.38. The molecule has 0 bridgehead atoms. The van der Waals surface area contributed by atoms with Crippen molar-refractivity contribution in [3.8, 4) is 0 Å². The number of aliphatic hydroxyl groups is 4. The summed E-state index contributed by atoms with van der Waals surface area (Å²) in [5, 5.41) is 38.1. The Kier molecular flexibility index (Phi) is 15.1. The fraction of sp³-hybridized carbons (Fsp3) is 1.00. The minimum absolute atomic E-state index is 0.140. The van der Waals surface area contributed by atoms with Gasteiger partial charge in [0.15, 0.2) is 0 Å². The lowest BCUT2D eigenvalue weighted by Crippen LogP contribution is -2.43. The van der Waals surface area contributed by atoms with Crippen molar-refractivity contribution >= 4 is 0 Å². The van der Waals surface area contributed by atoms with Gasteiger partial charge in [0.2, 0.25) is 0 Å². The zero-order chi connectivity index (χ0) is 17.4. The first-order valence-corrected chi connectivity index (χ1v) is 9.09. The van der Waals surface area contributed by atoms with Crippen LogP contribution in [-0.2, 0) is 4.74 Å². The Morgan fingerprint density at radius 2 is 1.39 bits per heavy atom. The van der Waals surface area contributed by atoms with Gasteiger partial charge in [-0.3, -0.25) is 0 Å². The highest BCUT2D eigenvalue weighted by Gasteiger charge is 2.17. The monoisotopic (exact) mass is 335 g/mol. The van der Waals surface area contributed by atoms with Crippen LogP contribution < -0.4 is 5.32 Å². The Morgan fingerprint density at radius 1 is 0.870 bits per heavy atom. The molecule has 0 aromatic carbocycles. The van der Waals surface area contributed by atoms with Crippen molar-refractivity contribution in [2.45, 2.75) is 83.2 Å². The summed E-state index contributed by atoms with van der Waals surface area (Å²) in [5.41, 5.74) is 0. The van der Waals surface area contributed by atoms with Crippen molar-refractivity contribution in [3.63, 3.8) is 0 Å². The Balaban J connectivity index is 3.17. The third-order valence-corrected chi connectivity index (χ3v) is 3.69. The number of ether oxygens (including phenoxy) is 1. The van der Waals surface area contributed by atoms with Gasteiger partial charge in [-0.15, -0.1) is 0 Å². The number of rotatable bonds is 17. The molecule has 0 aliphatic carbocycles. The predicted molar refractivity (Wildman–Crippen MR) is 90.9 cm³/mol. The molecule has 0 aromatic heterocycles. The Bertz CT molecular complexity index is 246. The number of aliphatic hydroxyl groups excluding tert-OH is 1. The van der Waals surface area contributed by atoms with Crippen LogP contribution >= 0.6 is 0 Å². The van der Waals surface area contributed by atoms with Crippen molar-refractivity contribution in [1.29, 1.82) is 0 Å². The lowest BCUT2D eigenvalue weighted by Gasteiger charge is -2.17. The van der Waals surface area contributed by atoms with Gasteiger partial charge in [-0.2, -0.15) is 0 Å². The molecule has 6 nitrogen and oxygen atoms in total. The molecule has 6 heteroatoms. The van der Waals surface area contributed by atoms with Gasteiger partial charge in [-0.05, 0) is 6.42 Å². The number of nitrogens with one attached hydrogen (secondary N) is 1. The van der Waals surface area contributed by atoms with Crippen molar-refractivity contribution < 1.29 is 25.2 Å². The summed E-state index contributed by atoms with van der Waals surface area (Å²) in [5.74, 6) is -2.74. The first-order chi connectivity index (χ1) is 11.0. The van der Waals surface area contributed by atoms with Gasteiger partial charge in [0, 0.05) is 13.2 Å². The lowest BCUT2D eigenvalue weighted by molar-refractivity contribution is -0.306. The van der Waals surface area contributed by atoms with Gasteiger partial charge in [0.1, 0.15) is 0 Å². The molecule has 0 aromatic rings. The highest BCUT2D eigenvalue weighted by atomic mass is 16.7. The molecular weight excluding hydrogens is 298 g/mol. The molecule has 0 rings (SSSR count). The molecule has 0 amide bonds. The summed E-state index contributed by atoms with van der Waals surface area (Å²) in [4.78, 5) is 0. The van der Waals surface area contributed by atoms with Crippen molar-refractivity contribution in [2.75, 3.05) is 26.3 Å². The Hall–Kier alpha value is -0.240. The van der Waals surface area contributed by atoms with Crippen molar-refractivity contribution in [3.05, 3.63) is 0 Å². The zero-order valence-corrected chi connectivity index (χ0v) is 14.7. The molecule has 0 saturated heterocycles. The fourth-order valence-corrected chi connectivity index (χ4v) is 2.38. The van der Waals surface area contributed by atoms with E-state index >= 15 is 0 Å². The van der Waals surface area contributed by atoms with E-state index in [0.29, 0.717) is 6.61 Å². The van der Waals surface area contributed by atoms with Crippen LogP contribution in [0.5, 0.6) is 0 Å². The van der Waals surface area contributed by atoms with Crippen molar-refractivity contribution in [2.24, 2.45) is 0 Å². The molecule has 140 valence electrons. The summed E-state index contributed by atoms with van der Waals surface area (Å²) in [6.07, 6.45) is 12.1. The topological polar surface area (TPSA) is 102 Å². The lowest BCUT2D eigenvalue weighted by atomic mass is 10.1. The predicted octanol–water partition coefficient (Wildman–Crippen LogP) is 1.51. The van der Waals surface area contributed by atoms with E-state index in [9.17, 15) is 5.11 Å². The maximum absolute atomic E-state index is 9.57. The number of hydrogen-bond acceptors (Lipinski definition) is 6. The van der Waals surface area contributed by atoms with Gasteiger partial charge in [-0.25, -0.2) is 0 Å². The number of unbranched alkanes of at least 4 members (excludes halogenated alkanes) is 9. The average molecular weight is 335 g/mol. The molecule has 0 fully saturated rings. The van der Waals surface area contributed by atoms with Gasteiger partial charge >= 0.3 is 0 Å². The van der Waals surface area contributed by atoms with Crippen LogP contribution in [0.3, 0.4) is 0 Å². The Labute approximate surface area is 140 Å². The molecule has 5 N–H and O–H groups in total. The largest absolute Gasteiger partial charge is 0.389 e. The van der Waals surface area contributed by atoms with Crippen LogP contribution in [-0.4, -0.2) is 58.8 Å². The van der Waals surface area contributed by atoms with Crippen molar-refractivity contribution in [1.82, 2.24) is 5.32 Å². The van der Waals surface area contributed by atoms with Gasteiger partial charge in [-0.1, -0.05) is 64.7 Å². The standard InChI is InChI=1S/C17H37NO5/c1-2-3-4-5-6-7-8-9-10-11-12-23-14-16(19)13-18-15-17(20,21)22/h16,18-22H,2-15H2,1H3. The van der Waals surface area contributed by atoms with Crippen LogP contribution in [0.15, 0.2) is 0 Å². The van der Waals surface area contributed by atoms with E-state index in [4.69, 9.17) is 20.1 Å². The van der Waals surface area contributed by atoms with E-state index in [1.165, 1.54) is 51.4 Å². The summed E-state index contributed by atoms with van der Waals surface area (Å²) >= 11 is 0. The molecule has 0 aliphatic heterocycles. The third-order valence-electron chi connectivity index (χ3n) is 3.69. The van der Waals surface area contributed by atoms with Gasteiger partial charge in [0.25, 0.3) is 5.97 Å². The second kappa shape index (κ2) is 15.3. The molecule has 0 saturated carbocycles. The molecule has 0 radical (unpaired) electrons. The van der Waals surface area contributed by atoms with Gasteiger partial charge < -0.3 is 30.5 Å². The first-order valence-electron chi connectivity index (χ1n) is 9.09. The summed E-state index contributed by atoms with van der Waals surface area (Å²) in [6.45, 7) is 2.81. The number of hydrogen-bond donors (Lipinski definition) is 5. The van der Waals surface area contributed by atoms with E-state index in [2.05, 4.69) is 12.2 Å². The van der Waals surface area contributed by atoms with Crippen LogP contribution in [0.2, 0.25) is 0 Å². The highest BCUT2D eigenvalue weighted by Crippen LogP contribution is 2.10. The second-order valence-electron chi connectivity index (χ2n) is 6.32. The quantitative estimate of drug-likeness (QED) is 0.204. The molecule has 0 heterocycles. The first kappa shape index (κ1) is 22.8. The minimum Gasteiger partial charge on any atom is -0.389 e. The van der Waals surface area contributed by atoms with E-state index in [-0.39, 0.29) is 13.2 Å². The Morgan fingerprint density at radius 3 is 1.91 bits per heavy atom. The van der Waals surface area contributed by atoms with E-state index in [1.807, 2.05) is 0 Å². The van der Waals surface area contributed by atoms with E-state index in [1.54, 1.807) is 0 Å². The molecule has 1 unspecified atom stereocenters. The maximum atomic E-state index is 9.57. The van der Waals surface area contributed by atoms with Crippen LogP contribution in [0.1, 0.15) is 71.1 Å². The normalized spacial score (nSPS) is 13.4. The molecular formula is C17H37NO5. The third kappa shape index (κ3) is 19.7. The highest BCUT2D eigenvalue weighted by molar-refractivity contribution is 4.61. The molecule has 0 spiro atoms. The van der Waals surface area contributed by atoms with Crippen LogP contribution in [0, 0.1) is 0 Å². The van der Waals surface area contributed by atoms with Gasteiger partial charge in [0.05, 0.1) is 19.3 Å². The zero-order valence-electron chi connectivity index (χ0n) is 14.7. The summed E-state index contributed by atoms with van der Waals surface area (Å²) < 4.78 is 5.37. The molecule has 1 atom stereocenters. The van der Waals surface area contributed by atoms with Crippen LogP contribution in [0.25, 0.3) is 0 Å².